The van der Waals surface area contributed by atoms with E-state index in [1.807, 2.05) is 4.90 Å². The molecule has 2 aliphatic heterocycles. The van der Waals surface area contributed by atoms with Crippen LogP contribution < -0.4 is 10.6 Å². The lowest BCUT2D eigenvalue weighted by Crippen LogP contribution is -2.52. The first kappa shape index (κ1) is 9.45. The molecule has 1 atom stereocenters. The molecule has 0 aromatic carbocycles. The van der Waals surface area contributed by atoms with Crippen molar-refractivity contribution in [3.63, 3.8) is 0 Å². The normalized spacial score (nSPS) is 27.6. The van der Waals surface area contributed by atoms with E-state index in [4.69, 9.17) is 0 Å². The Kier molecular flexibility index (Phi) is 2.67. The Hall–Kier alpha value is -1.10. The fourth-order valence-electron chi connectivity index (χ4n) is 1.90. The second kappa shape index (κ2) is 3.96. The summed E-state index contributed by atoms with van der Waals surface area (Å²) in [7, 11) is 0. The van der Waals surface area contributed by atoms with Crippen LogP contribution in [0.3, 0.4) is 0 Å². The molecule has 0 saturated carbocycles. The van der Waals surface area contributed by atoms with Crippen LogP contribution in [0.5, 0.6) is 0 Å². The summed E-state index contributed by atoms with van der Waals surface area (Å²) >= 11 is 0. The Morgan fingerprint density at radius 1 is 1.36 bits per heavy atom. The molecular formula is C9H15N3O2. The summed E-state index contributed by atoms with van der Waals surface area (Å²) in [5.41, 5.74) is 0. The fourth-order valence-corrected chi connectivity index (χ4v) is 1.90. The summed E-state index contributed by atoms with van der Waals surface area (Å²) in [4.78, 5) is 24.6. The van der Waals surface area contributed by atoms with E-state index in [2.05, 4.69) is 10.6 Å². The summed E-state index contributed by atoms with van der Waals surface area (Å²) in [6.07, 6.45) is 1.14. The smallest absolute Gasteiger partial charge is 0.245 e. The first-order valence-electron chi connectivity index (χ1n) is 5.06. The Balaban J connectivity index is 1.90. The number of carbonyl (C=O) groups is 2. The summed E-state index contributed by atoms with van der Waals surface area (Å²) in [5, 5.41) is 5.89. The number of carbonyl (C=O) groups excluding carboxylic acids is 2. The van der Waals surface area contributed by atoms with E-state index < -0.39 is 0 Å². The standard InChI is InChI=1S/C9H15N3O2/c13-8-2-1-7(11-8)9(14)12-5-3-10-4-6-12/h7,10H,1-6H2,(H,11,13)/t7-/m1/s1. The van der Waals surface area contributed by atoms with Crippen LogP contribution in [-0.2, 0) is 9.59 Å². The van der Waals surface area contributed by atoms with Crippen molar-refractivity contribution in [2.24, 2.45) is 0 Å². The van der Waals surface area contributed by atoms with E-state index in [1.165, 1.54) is 0 Å². The van der Waals surface area contributed by atoms with Gasteiger partial charge in [0.15, 0.2) is 0 Å². The first-order chi connectivity index (χ1) is 6.77. The Morgan fingerprint density at radius 2 is 2.07 bits per heavy atom. The maximum Gasteiger partial charge on any atom is 0.245 e. The van der Waals surface area contributed by atoms with Gasteiger partial charge in [-0.3, -0.25) is 9.59 Å². The lowest BCUT2D eigenvalue weighted by Gasteiger charge is -2.29. The maximum absolute atomic E-state index is 11.8. The van der Waals surface area contributed by atoms with E-state index in [-0.39, 0.29) is 17.9 Å². The number of hydrogen-bond acceptors (Lipinski definition) is 3. The third-order valence-electron chi connectivity index (χ3n) is 2.72. The molecule has 5 nitrogen and oxygen atoms in total. The SMILES string of the molecule is O=C1CC[C@H](C(=O)N2CCNCC2)N1. The van der Waals surface area contributed by atoms with Gasteiger partial charge in [0.25, 0.3) is 0 Å². The van der Waals surface area contributed by atoms with E-state index in [0.29, 0.717) is 12.8 Å². The quantitative estimate of drug-likeness (QED) is 0.549. The first-order valence-corrected chi connectivity index (χ1v) is 5.06. The fraction of sp³-hybridized carbons (Fsp3) is 0.778. The molecule has 0 radical (unpaired) electrons. The minimum atomic E-state index is -0.263. The van der Waals surface area contributed by atoms with Gasteiger partial charge in [0, 0.05) is 32.6 Å². The van der Waals surface area contributed by atoms with E-state index in [1.54, 1.807) is 0 Å². The van der Waals surface area contributed by atoms with Crippen LogP contribution in [0.4, 0.5) is 0 Å². The highest BCUT2D eigenvalue weighted by atomic mass is 16.2. The van der Waals surface area contributed by atoms with Gasteiger partial charge in [-0.1, -0.05) is 0 Å². The van der Waals surface area contributed by atoms with Crippen LogP contribution in [0.1, 0.15) is 12.8 Å². The molecule has 2 aliphatic rings. The molecular weight excluding hydrogens is 182 g/mol. The zero-order chi connectivity index (χ0) is 9.97. The van der Waals surface area contributed by atoms with E-state index >= 15 is 0 Å². The van der Waals surface area contributed by atoms with E-state index in [9.17, 15) is 9.59 Å². The lowest BCUT2D eigenvalue weighted by atomic mass is 10.2. The van der Waals surface area contributed by atoms with Crippen molar-refractivity contribution in [1.29, 1.82) is 0 Å². The number of hydrogen-bond donors (Lipinski definition) is 2. The second-order valence-electron chi connectivity index (χ2n) is 3.73. The summed E-state index contributed by atoms with van der Waals surface area (Å²) in [6, 6.07) is -0.263. The van der Waals surface area contributed by atoms with Crippen molar-refractivity contribution in [3.05, 3.63) is 0 Å². The highest BCUT2D eigenvalue weighted by molar-refractivity contribution is 5.90. The van der Waals surface area contributed by atoms with Crippen molar-refractivity contribution in [1.82, 2.24) is 15.5 Å². The molecule has 0 aromatic rings. The van der Waals surface area contributed by atoms with Gasteiger partial charge in [0.05, 0.1) is 0 Å². The van der Waals surface area contributed by atoms with Crippen LogP contribution >= 0.6 is 0 Å². The highest BCUT2D eigenvalue weighted by Gasteiger charge is 2.30. The van der Waals surface area contributed by atoms with Gasteiger partial charge in [-0.2, -0.15) is 0 Å². The molecule has 78 valence electrons. The maximum atomic E-state index is 11.8. The topological polar surface area (TPSA) is 61.4 Å². The van der Waals surface area contributed by atoms with Gasteiger partial charge in [0.2, 0.25) is 11.8 Å². The zero-order valence-corrected chi connectivity index (χ0v) is 8.08. The van der Waals surface area contributed by atoms with Crippen LogP contribution in [0.15, 0.2) is 0 Å². The average molecular weight is 197 g/mol. The predicted molar refractivity (Wildman–Crippen MR) is 50.6 cm³/mol. The summed E-state index contributed by atoms with van der Waals surface area (Å²) in [5.74, 6) is 0.0795. The number of amides is 2. The molecule has 0 aliphatic carbocycles. The molecule has 0 unspecified atom stereocenters. The average Bonchev–Trinajstić information content (AvgIpc) is 2.65. The molecule has 2 rings (SSSR count). The van der Waals surface area contributed by atoms with Crippen molar-refractivity contribution < 1.29 is 9.59 Å². The molecule has 5 heteroatoms. The summed E-state index contributed by atoms with van der Waals surface area (Å²) < 4.78 is 0. The Morgan fingerprint density at radius 3 is 2.64 bits per heavy atom. The molecule has 0 aromatic heterocycles. The van der Waals surface area contributed by atoms with Crippen LogP contribution in [0.25, 0.3) is 0 Å². The van der Waals surface area contributed by atoms with Crippen molar-refractivity contribution >= 4 is 11.8 Å². The third kappa shape index (κ3) is 1.87. The molecule has 2 N–H and O–H groups in total. The van der Waals surface area contributed by atoms with Gasteiger partial charge in [-0.25, -0.2) is 0 Å². The van der Waals surface area contributed by atoms with Gasteiger partial charge in [-0.15, -0.1) is 0 Å². The zero-order valence-electron chi connectivity index (χ0n) is 8.08. The molecule has 2 amide bonds. The molecule has 2 saturated heterocycles. The highest BCUT2D eigenvalue weighted by Crippen LogP contribution is 2.10. The van der Waals surface area contributed by atoms with Crippen LogP contribution in [0, 0.1) is 0 Å². The monoisotopic (exact) mass is 197 g/mol. The van der Waals surface area contributed by atoms with Crippen molar-refractivity contribution in [3.8, 4) is 0 Å². The molecule has 2 heterocycles. The predicted octanol–water partition coefficient (Wildman–Crippen LogP) is -1.30. The van der Waals surface area contributed by atoms with Gasteiger partial charge >= 0.3 is 0 Å². The molecule has 0 spiro atoms. The minimum Gasteiger partial charge on any atom is -0.344 e. The molecule has 14 heavy (non-hydrogen) atoms. The Bertz CT molecular complexity index is 248. The van der Waals surface area contributed by atoms with Gasteiger partial charge in [-0.05, 0) is 6.42 Å². The van der Waals surface area contributed by atoms with Crippen molar-refractivity contribution in [2.75, 3.05) is 26.2 Å². The molecule has 0 bridgehead atoms. The lowest BCUT2D eigenvalue weighted by molar-refractivity contribution is -0.134. The number of rotatable bonds is 1. The largest absolute Gasteiger partial charge is 0.344 e. The minimum absolute atomic E-state index is 0.00140. The molecule has 2 fully saturated rings. The van der Waals surface area contributed by atoms with E-state index in [0.717, 1.165) is 26.2 Å². The van der Waals surface area contributed by atoms with Crippen LogP contribution in [-0.4, -0.2) is 48.9 Å². The number of piperazine rings is 1. The summed E-state index contributed by atoms with van der Waals surface area (Å²) in [6.45, 7) is 3.22. The number of nitrogens with zero attached hydrogens (tertiary/aromatic N) is 1. The van der Waals surface area contributed by atoms with Crippen molar-refractivity contribution in [2.45, 2.75) is 18.9 Å². The second-order valence-corrected chi connectivity index (χ2v) is 3.73. The Labute approximate surface area is 82.8 Å². The van der Waals surface area contributed by atoms with Gasteiger partial charge in [0.1, 0.15) is 6.04 Å². The van der Waals surface area contributed by atoms with Crippen LogP contribution in [0.2, 0.25) is 0 Å². The van der Waals surface area contributed by atoms with Gasteiger partial charge < -0.3 is 15.5 Å². The number of nitrogens with one attached hydrogen (secondary N) is 2. The third-order valence-corrected chi connectivity index (χ3v) is 2.72.